The quantitative estimate of drug-likeness (QED) is 0.883. The minimum atomic E-state index is -0.0922. The van der Waals surface area contributed by atoms with Gasteiger partial charge in [-0.05, 0) is 23.6 Å². The minimum absolute atomic E-state index is 0.0922. The molecule has 1 heterocycles. The van der Waals surface area contributed by atoms with Gasteiger partial charge in [0.15, 0.2) is 0 Å². The highest BCUT2D eigenvalue weighted by Crippen LogP contribution is 2.29. The molecule has 0 fully saturated rings. The summed E-state index contributed by atoms with van der Waals surface area (Å²) < 4.78 is 10.3. The van der Waals surface area contributed by atoms with Crippen molar-refractivity contribution in [2.24, 2.45) is 5.73 Å². The SMILES string of the molecule is COCCc1ccc(C(N)c2cc(OC)cs2)cc1. The zero-order valence-electron chi connectivity index (χ0n) is 11.3. The molecule has 0 aliphatic rings. The number of rotatable bonds is 6. The van der Waals surface area contributed by atoms with Crippen LogP contribution in [0.3, 0.4) is 0 Å². The fourth-order valence-corrected chi connectivity index (χ4v) is 2.76. The van der Waals surface area contributed by atoms with Crippen LogP contribution >= 0.6 is 11.3 Å². The van der Waals surface area contributed by atoms with Gasteiger partial charge in [-0.25, -0.2) is 0 Å². The van der Waals surface area contributed by atoms with Crippen molar-refractivity contribution in [3.63, 3.8) is 0 Å². The summed E-state index contributed by atoms with van der Waals surface area (Å²) in [6, 6.07) is 10.3. The van der Waals surface area contributed by atoms with Crippen molar-refractivity contribution in [1.29, 1.82) is 0 Å². The van der Waals surface area contributed by atoms with Gasteiger partial charge in [0.05, 0.1) is 19.8 Å². The summed E-state index contributed by atoms with van der Waals surface area (Å²) >= 11 is 1.63. The van der Waals surface area contributed by atoms with Crippen LogP contribution in [-0.4, -0.2) is 20.8 Å². The first kappa shape index (κ1) is 14.1. The van der Waals surface area contributed by atoms with Crippen LogP contribution < -0.4 is 10.5 Å². The Kier molecular flexibility index (Phi) is 4.96. The van der Waals surface area contributed by atoms with Crippen molar-refractivity contribution in [2.45, 2.75) is 12.5 Å². The van der Waals surface area contributed by atoms with E-state index in [1.165, 1.54) is 5.56 Å². The van der Waals surface area contributed by atoms with Gasteiger partial charge in [0.25, 0.3) is 0 Å². The molecule has 0 spiro atoms. The van der Waals surface area contributed by atoms with E-state index in [0.717, 1.165) is 29.2 Å². The second kappa shape index (κ2) is 6.70. The summed E-state index contributed by atoms with van der Waals surface area (Å²) in [6.07, 6.45) is 0.929. The van der Waals surface area contributed by atoms with Gasteiger partial charge in [-0.3, -0.25) is 0 Å². The smallest absolute Gasteiger partial charge is 0.129 e. The van der Waals surface area contributed by atoms with Gasteiger partial charge in [0.2, 0.25) is 0 Å². The van der Waals surface area contributed by atoms with Gasteiger partial charge in [-0.15, -0.1) is 11.3 Å². The molecule has 0 radical (unpaired) electrons. The third kappa shape index (κ3) is 3.56. The molecule has 1 atom stereocenters. The first-order valence-electron chi connectivity index (χ1n) is 6.20. The highest BCUT2D eigenvalue weighted by atomic mass is 32.1. The largest absolute Gasteiger partial charge is 0.496 e. The molecule has 3 nitrogen and oxygen atoms in total. The molecule has 0 saturated carbocycles. The molecule has 4 heteroatoms. The number of benzene rings is 1. The molecule has 0 amide bonds. The van der Waals surface area contributed by atoms with E-state index in [1.807, 2.05) is 11.4 Å². The van der Waals surface area contributed by atoms with E-state index < -0.39 is 0 Å². The summed E-state index contributed by atoms with van der Waals surface area (Å²) in [5, 5.41) is 1.97. The number of ether oxygens (including phenoxy) is 2. The minimum Gasteiger partial charge on any atom is -0.496 e. The fraction of sp³-hybridized carbons (Fsp3) is 0.333. The van der Waals surface area contributed by atoms with Crippen LogP contribution in [0, 0.1) is 0 Å². The van der Waals surface area contributed by atoms with Gasteiger partial charge in [0, 0.05) is 17.4 Å². The Bertz CT molecular complexity index is 507. The molecular weight excluding hydrogens is 258 g/mol. The Morgan fingerprint density at radius 1 is 1.21 bits per heavy atom. The normalized spacial score (nSPS) is 12.4. The van der Waals surface area contributed by atoms with Crippen LogP contribution in [-0.2, 0) is 11.2 Å². The number of hydrogen-bond acceptors (Lipinski definition) is 4. The van der Waals surface area contributed by atoms with Crippen molar-refractivity contribution in [2.75, 3.05) is 20.8 Å². The van der Waals surface area contributed by atoms with Crippen molar-refractivity contribution in [1.82, 2.24) is 0 Å². The van der Waals surface area contributed by atoms with E-state index in [1.54, 1.807) is 25.6 Å². The van der Waals surface area contributed by atoms with Crippen LogP contribution in [0.4, 0.5) is 0 Å². The monoisotopic (exact) mass is 277 g/mol. The highest BCUT2D eigenvalue weighted by molar-refractivity contribution is 7.10. The molecule has 0 aliphatic heterocycles. The molecule has 2 rings (SSSR count). The lowest BCUT2D eigenvalue weighted by molar-refractivity contribution is 0.202. The standard InChI is InChI=1S/C15H19NO2S/c1-17-8-7-11-3-5-12(6-4-11)15(16)14-9-13(18-2)10-19-14/h3-6,9-10,15H,7-8,16H2,1-2H3. The number of nitrogens with two attached hydrogens (primary N) is 1. The molecule has 0 aliphatic carbocycles. The van der Waals surface area contributed by atoms with Crippen LogP contribution in [0.25, 0.3) is 0 Å². The van der Waals surface area contributed by atoms with E-state index in [2.05, 4.69) is 24.3 Å². The average molecular weight is 277 g/mol. The van der Waals surface area contributed by atoms with Crippen LogP contribution in [0.1, 0.15) is 22.0 Å². The third-order valence-electron chi connectivity index (χ3n) is 3.07. The molecule has 102 valence electrons. The molecule has 2 aromatic rings. The number of methoxy groups -OCH3 is 2. The van der Waals surface area contributed by atoms with Crippen LogP contribution in [0.2, 0.25) is 0 Å². The maximum absolute atomic E-state index is 6.26. The van der Waals surface area contributed by atoms with Crippen molar-refractivity contribution in [3.05, 3.63) is 51.7 Å². The van der Waals surface area contributed by atoms with Gasteiger partial charge >= 0.3 is 0 Å². The zero-order chi connectivity index (χ0) is 13.7. The van der Waals surface area contributed by atoms with Gasteiger partial charge < -0.3 is 15.2 Å². The lowest BCUT2D eigenvalue weighted by atomic mass is 10.0. The molecule has 0 saturated heterocycles. The Balaban J connectivity index is 2.08. The molecule has 19 heavy (non-hydrogen) atoms. The van der Waals surface area contributed by atoms with Gasteiger partial charge in [-0.1, -0.05) is 24.3 Å². The van der Waals surface area contributed by atoms with Crippen molar-refractivity contribution in [3.8, 4) is 5.75 Å². The van der Waals surface area contributed by atoms with Crippen molar-refractivity contribution >= 4 is 11.3 Å². The summed E-state index contributed by atoms with van der Waals surface area (Å²) in [7, 11) is 3.39. The summed E-state index contributed by atoms with van der Waals surface area (Å²) in [6.45, 7) is 0.744. The molecule has 2 N–H and O–H groups in total. The zero-order valence-corrected chi connectivity index (χ0v) is 12.1. The van der Waals surface area contributed by atoms with Crippen LogP contribution in [0.5, 0.6) is 5.75 Å². The number of thiophene rings is 1. The molecule has 1 aromatic carbocycles. The molecule has 1 unspecified atom stereocenters. The van der Waals surface area contributed by atoms with E-state index >= 15 is 0 Å². The first-order chi connectivity index (χ1) is 9.24. The first-order valence-corrected chi connectivity index (χ1v) is 7.08. The maximum atomic E-state index is 6.26. The van der Waals surface area contributed by atoms with E-state index in [4.69, 9.17) is 15.2 Å². The van der Waals surface area contributed by atoms with Gasteiger partial charge in [-0.2, -0.15) is 0 Å². The summed E-state index contributed by atoms with van der Waals surface area (Å²) in [5.74, 6) is 0.868. The fourth-order valence-electron chi connectivity index (χ4n) is 1.88. The molecule has 0 bridgehead atoms. The second-order valence-corrected chi connectivity index (χ2v) is 5.29. The van der Waals surface area contributed by atoms with Crippen LogP contribution in [0.15, 0.2) is 35.7 Å². The third-order valence-corrected chi connectivity index (χ3v) is 4.07. The Morgan fingerprint density at radius 3 is 2.53 bits per heavy atom. The Hall–Kier alpha value is -1.36. The topological polar surface area (TPSA) is 44.5 Å². The predicted molar refractivity (Wildman–Crippen MR) is 78.9 cm³/mol. The lowest BCUT2D eigenvalue weighted by Crippen LogP contribution is -2.10. The Morgan fingerprint density at radius 2 is 1.95 bits per heavy atom. The predicted octanol–water partition coefficient (Wildman–Crippen LogP) is 2.99. The average Bonchev–Trinajstić information content (AvgIpc) is 2.94. The summed E-state index contributed by atoms with van der Waals surface area (Å²) in [5.41, 5.74) is 8.65. The summed E-state index contributed by atoms with van der Waals surface area (Å²) in [4.78, 5) is 1.11. The lowest BCUT2D eigenvalue weighted by Gasteiger charge is -2.10. The molecule has 1 aromatic heterocycles. The maximum Gasteiger partial charge on any atom is 0.129 e. The van der Waals surface area contributed by atoms with Crippen molar-refractivity contribution < 1.29 is 9.47 Å². The van der Waals surface area contributed by atoms with Gasteiger partial charge in [0.1, 0.15) is 5.75 Å². The van der Waals surface area contributed by atoms with E-state index in [0.29, 0.717) is 0 Å². The Labute approximate surface area is 118 Å². The van der Waals surface area contributed by atoms with E-state index in [-0.39, 0.29) is 6.04 Å². The second-order valence-electron chi connectivity index (χ2n) is 4.35. The number of hydrogen-bond donors (Lipinski definition) is 1. The molecular formula is C15H19NO2S. The highest BCUT2D eigenvalue weighted by Gasteiger charge is 2.11. The van der Waals surface area contributed by atoms with E-state index in [9.17, 15) is 0 Å².